The summed E-state index contributed by atoms with van der Waals surface area (Å²) in [7, 11) is 0. The lowest BCUT2D eigenvalue weighted by atomic mass is 10.3. The minimum absolute atomic E-state index is 0.411. The van der Waals surface area contributed by atoms with Crippen LogP contribution in [0.25, 0.3) is 10.2 Å². The van der Waals surface area contributed by atoms with Crippen LogP contribution in [0, 0.1) is 6.92 Å². The molecule has 0 radical (unpaired) electrons. The Morgan fingerprint density at radius 1 is 1.16 bits per heavy atom. The van der Waals surface area contributed by atoms with Crippen molar-refractivity contribution in [1.82, 2.24) is 9.97 Å². The molecule has 0 saturated heterocycles. The lowest BCUT2D eigenvalue weighted by molar-refractivity contribution is 0.306. The van der Waals surface area contributed by atoms with Crippen molar-refractivity contribution in [3.8, 4) is 5.75 Å². The molecule has 2 aromatic heterocycles. The third kappa shape index (κ3) is 2.51. The topological polar surface area (TPSA) is 61.0 Å². The van der Waals surface area contributed by atoms with Crippen LogP contribution in [0.15, 0.2) is 36.4 Å². The third-order valence-electron chi connectivity index (χ3n) is 2.71. The number of hydrogen-bond donors (Lipinski definition) is 1. The summed E-state index contributed by atoms with van der Waals surface area (Å²) in [6.45, 7) is 2.31. The van der Waals surface area contributed by atoms with E-state index < -0.39 is 0 Å². The molecular weight excluding hydrogens is 258 g/mol. The number of nitrogens with two attached hydrogens (primary N) is 1. The van der Waals surface area contributed by atoms with Crippen LogP contribution in [0.4, 0.5) is 5.82 Å². The molecule has 0 fully saturated rings. The second kappa shape index (κ2) is 4.85. The van der Waals surface area contributed by atoms with Gasteiger partial charge in [0.05, 0.1) is 10.2 Å². The average molecular weight is 271 g/mol. The van der Waals surface area contributed by atoms with Gasteiger partial charge in [0.2, 0.25) is 0 Å². The number of nitrogen functional groups attached to an aromatic ring is 1. The molecule has 1 aromatic carbocycles. The number of hydrogen-bond acceptors (Lipinski definition) is 5. The molecule has 19 heavy (non-hydrogen) atoms. The van der Waals surface area contributed by atoms with Gasteiger partial charge < -0.3 is 10.5 Å². The molecule has 0 aliphatic rings. The molecule has 4 nitrogen and oxygen atoms in total. The maximum absolute atomic E-state index is 5.81. The smallest absolute Gasteiger partial charge is 0.166 e. The third-order valence-corrected chi connectivity index (χ3v) is 3.72. The van der Waals surface area contributed by atoms with Crippen LogP contribution < -0.4 is 10.5 Å². The van der Waals surface area contributed by atoms with Crippen LogP contribution in [-0.4, -0.2) is 9.97 Å². The number of fused-ring (bicyclic) bond motifs is 1. The summed E-state index contributed by atoms with van der Waals surface area (Å²) >= 11 is 1.63. The lowest BCUT2D eigenvalue weighted by Crippen LogP contribution is -2.00. The molecule has 0 unspecified atom stereocenters. The van der Waals surface area contributed by atoms with Gasteiger partial charge in [-0.15, -0.1) is 11.3 Å². The first-order chi connectivity index (χ1) is 9.22. The van der Waals surface area contributed by atoms with Crippen molar-refractivity contribution in [1.29, 1.82) is 0 Å². The summed E-state index contributed by atoms with van der Waals surface area (Å²) in [5, 5.41) is 0.932. The number of para-hydroxylation sites is 1. The van der Waals surface area contributed by atoms with Gasteiger partial charge in [-0.2, -0.15) is 0 Å². The van der Waals surface area contributed by atoms with Gasteiger partial charge >= 0.3 is 0 Å². The molecule has 96 valence electrons. The maximum atomic E-state index is 5.81. The Labute approximate surface area is 114 Å². The lowest BCUT2D eigenvalue weighted by Gasteiger charge is -2.06. The first-order valence-electron chi connectivity index (χ1n) is 5.93. The van der Waals surface area contributed by atoms with Gasteiger partial charge in [-0.05, 0) is 31.2 Å². The predicted molar refractivity (Wildman–Crippen MR) is 77.3 cm³/mol. The number of pyridine rings is 1. The zero-order valence-electron chi connectivity index (χ0n) is 10.5. The van der Waals surface area contributed by atoms with Gasteiger partial charge in [0, 0.05) is 5.69 Å². The molecule has 3 aromatic rings. The first-order valence-corrected chi connectivity index (χ1v) is 6.74. The second-order valence-corrected chi connectivity index (χ2v) is 5.32. The highest BCUT2D eigenvalue weighted by Gasteiger charge is 2.06. The highest BCUT2D eigenvalue weighted by molar-refractivity contribution is 7.18. The van der Waals surface area contributed by atoms with E-state index in [0.29, 0.717) is 18.2 Å². The van der Waals surface area contributed by atoms with E-state index in [1.807, 2.05) is 37.3 Å². The molecule has 0 aliphatic carbocycles. The minimum atomic E-state index is 0.411. The summed E-state index contributed by atoms with van der Waals surface area (Å²) in [4.78, 5) is 8.67. The summed E-state index contributed by atoms with van der Waals surface area (Å²) in [6.07, 6.45) is 0. The quantitative estimate of drug-likeness (QED) is 0.795. The zero-order chi connectivity index (χ0) is 13.2. The van der Waals surface area contributed by atoms with E-state index in [0.717, 1.165) is 20.9 Å². The Morgan fingerprint density at radius 2 is 2.00 bits per heavy atom. The van der Waals surface area contributed by atoms with Crippen molar-refractivity contribution in [3.63, 3.8) is 0 Å². The van der Waals surface area contributed by atoms with E-state index >= 15 is 0 Å². The van der Waals surface area contributed by atoms with Gasteiger partial charge in [0.25, 0.3) is 0 Å². The van der Waals surface area contributed by atoms with Crippen LogP contribution in [0.5, 0.6) is 5.75 Å². The van der Waals surface area contributed by atoms with Crippen LogP contribution >= 0.6 is 11.3 Å². The fourth-order valence-corrected chi connectivity index (χ4v) is 2.69. The Kier molecular flexibility index (Phi) is 3.05. The molecule has 0 saturated carbocycles. The second-order valence-electron chi connectivity index (χ2n) is 4.20. The van der Waals surface area contributed by atoms with Crippen molar-refractivity contribution in [3.05, 3.63) is 47.1 Å². The fraction of sp³-hybridized carbons (Fsp3) is 0.143. The average Bonchev–Trinajstić information content (AvgIpc) is 2.80. The molecular formula is C14H13N3OS. The molecule has 0 atom stereocenters. The van der Waals surface area contributed by atoms with Crippen LogP contribution in [0.1, 0.15) is 10.7 Å². The molecule has 0 bridgehead atoms. The number of anilines is 1. The first kappa shape index (κ1) is 11.9. The Bertz CT molecular complexity index is 691. The van der Waals surface area contributed by atoms with Crippen molar-refractivity contribution < 1.29 is 4.74 Å². The minimum Gasteiger partial charge on any atom is -0.483 e. The zero-order valence-corrected chi connectivity index (χ0v) is 11.3. The van der Waals surface area contributed by atoms with E-state index in [1.165, 1.54) is 0 Å². The van der Waals surface area contributed by atoms with E-state index in [4.69, 9.17) is 10.5 Å². The Morgan fingerprint density at radius 3 is 2.79 bits per heavy atom. The highest BCUT2D eigenvalue weighted by atomic mass is 32.1. The van der Waals surface area contributed by atoms with Crippen molar-refractivity contribution >= 4 is 27.4 Å². The van der Waals surface area contributed by atoms with Gasteiger partial charge in [-0.1, -0.05) is 12.1 Å². The normalized spacial score (nSPS) is 10.8. The summed E-state index contributed by atoms with van der Waals surface area (Å²) in [5.41, 5.74) is 7.69. The number of aromatic nitrogens is 2. The molecule has 5 heteroatoms. The van der Waals surface area contributed by atoms with Crippen LogP contribution in [0.3, 0.4) is 0 Å². The molecule has 3 rings (SSSR count). The fourth-order valence-electron chi connectivity index (χ4n) is 1.81. The molecule has 0 aliphatic heterocycles. The number of ether oxygens (including phenoxy) is 1. The summed E-state index contributed by atoms with van der Waals surface area (Å²) < 4.78 is 6.83. The molecule has 2 N–H and O–H groups in total. The number of rotatable bonds is 3. The Balaban J connectivity index is 1.78. The molecule has 2 heterocycles. The maximum Gasteiger partial charge on any atom is 0.166 e. The van der Waals surface area contributed by atoms with Gasteiger partial charge in [0.15, 0.2) is 11.6 Å². The molecule has 0 amide bonds. The largest absolute Gasteiger partial charge is 0.483 e. The van der Waals surface area contributed by atoms with Crippen LogP contribution in [-0.2, 0) is 6.61 Å². The van der Waals surface area contributed by atoms with E-state index in [9.17, 15) is 0 Å². The highest BCUT2D eigenvalue weighted by Crippen LogP contribution is 2.24. The van der Waals surface area contributed by atoms with Crippen molar-refractivity contribution in [2.75, 3.05) is 5.73 Å². The monoisotopic (exact) mass is 271 g/mol. The number of benzene rings is 1. The van der Waals surface area contributed by atoms with Crippen molar-refractivity contribution in [2.45, 2.75) is 13.5 Å². The predicted octanol–water partition coefficient (Wildman–Crippen LogP) is 3.16. The van der Waals surface area contributed by atoms with Crippen molar-refractivity contribution in [2.24, 2.45) is 0 Å². The molecule has 0 spiro atoms. The number of aryl methyl sites for hydroxylation is 1. The van der Waals surface area contributed by atoms with Crippen LogP contribution in [0.2, 0.25) is 0 Å². The Hall–Kier alpha value is -2.14. The standard InChI is InChI=1S/C14H13N3OS/c1-9-6-7-11(14(15)16-9)18-8-13-17-10-4-2-3-5-12(10)19-13/h2-7H,8H2,1H3,(H2,15,16). The summed E-state index contributed by atoms with van der Waals surface area (Å²) in [6, 6.07) is 11.8. The van der Waals surface area contributed by atoms with Gasteiger partial charge in [-0.3, -0.25) is 0 Å². The summed E-state index contributed by atoms with van der Waals surface area (Å²) in [5.74, 6) is 1.02. The van der Waals surface area contributed by atoms with E-state index in [-0.39, 0.29) is 0 Å². The van der Waals surface area contributed by atoms with E-state index in [2.05, 4.69) is 16.0 Å². The number of nitrogens with zero attached hydrogens (tertiary/aromatic N) is 2. The van der Waals surface area contributed by atoms with E-state index in [1.54, 1.807) is 11.3 Å². The van der Waals surface area contributed by atoms with Gasteiger partial charge in [-0.25, -0.2) is 9.97 Å². The SMILES string of the molecule is Cc1ccc(OCc2nc3ccccc3s2)c(N)n1. The number of thiazole rings is 1. The van der Waals surface area contributed by atoms with Gasteiger partial charge in [0.1, 0.15) is 11.6 Å².